The summed E-state index contributed by atoms with van der Waals surface area (Å²) in [6.45, 7) is 0. The highest BCUT2D eigenvalue weighted by Gasteiger charge is 2.18. The highest BCUT2D eigenvalue weighted by atomic mass is 127. The van der Waals surface area contributed by atoms with E-state index in [4.69, 9.17) is 0 Å². The Morgan fingerprint density at radius 2 is 0.889 bits per heavy atom. The molecule has 0 aliphatic carbocycles. The van der Waals surface area contributed by atoms with E-state index < -0.39 is 0 Å². The summed E-state index contributed by atoms with van der Waals surface area (Å²) in [6, 6.07) is 31.4. The summed E-state index contributed by atoms with van der Waals surface area (Å²) in [6.07, 6.45) is 0. The molecule has 0 bridgehead atoms. The molecule has 0 N–H and O–H groups in total. The molecule has 6 aromatic carbocycles. The first-order valence-corrected chi connectivity index (χ1v) is 17.5. The van der Waals surface area contributed by atoms with Crippen molar-refractivity contribution in [2.45, 2.75) is 0 Å². The first-order chi connectivity index (χ1) is 17.4. The van der Waals surface area contributed by atoms with E-state index in [2.05, 4.69) is 220 Å². The Morgan fingerprint density at radius 1 is 0.361 bits per heavy atom. The predicted octanol–water partition coefficient (Wildman–Crippen LogP) is 12.1. The van der Waals surface area contributed by atoms with Gasteiger partial charge in [-0.3, -0.25) is 0 Å². The van der Waals surface area contributed by atoms with Gasteiger partial charge in [-0.05, 0) is 197 Å². The van der Waals surface area contributed by atoms with Crippen molar-refractivity contribution < 1.29 is 0 Å². The summed E-state index contributed by atoms with van der Waals surface area (Å²) in [5.74, 6) is 0. The fourth-order valence-corrected chi connectivity index (χ4v) is 10.7. The number of hydrogen-bond acceptors (Lipinski definition) is 0. The van der Waals surface area contributed by atoms with Crippen LogP contribution in [0.1, 0.15) is 0 Å². The van der Waals surface area contributed by atoms with E-state index in [0.717, 1.165) is 0 Å². The molecule has 0 amide bonds. The van der Waals surface area contributed by atoms with E-state index in [9.17, 15) is 0 Å². The molecule has 36 heavy (non-hydrogen) atoms. The molecule has 0 atom stereocenters. The van der Waals surface area contributed by atoms with Crippen molar-refractivity contribution in [3.05, 3.63) is 106 Å². The number of hydrogen-bond donors (Lipinski definition) is 0. The molecule has 0 saturated heterocycles. The molecule has 6 heteroatoms. The van der Waals surface area contributed by atoms with E-state index in [1.165, 1.54) is 76.0 Å². The van der Waals surface area contributed by atoms with Crippen molar-refractivity contribution in [1.29, 1.82) is 0 Å². The quantitative estimate of drug-likeness (QED) is 0.152. The number of halogens is 6. The van der Waals surface area contributed by atoms with Crippen LogP contribution in [-0.4, -0.2) is 0 Å². The second-order valence-electron chi connectivity index (χ2n) is 8.48. The predicted molar refractivity (Wildman–Crippen MR) is 206 cm³/mol. The lowest BCUT2D eigenvalue weighted by molar-refractivity contribution is 1.57. The lowest BCUT2D eigenvalue weighted by Gasteiger charge is -2.16. The Morgan fingerprint density at radius 3 is 1.58 bits per heavy atom. The van der Waals surface area contributed by atoms with Crippen LogP contribution >= 0.6 is 136 Å². The second kappa shape index (κ2) is 10.8. The van der Waals surface area contributed by atoms with Crippen LogP contribution in [0.4, 0.5) is 0 Å². The highest BCUT2D eigenvalue weighted by Crippen LogP contribution is 2.42. The monoisotopic (exact) mass is 1140 g/mol. The Balaban J connectivity index is 1.55. The number of fused-ring (bicyclic) bond motifs is 3. The van der Waals surface area contributed by atoms with Gasteiger partial charge in [-0.25, -0.2) is 0 Å². The average Bonchev–Trinajstić information content (AvgIpc) is 2.88. The molecule has 0 aliphatic heterocycles. The molecular weight excluding hydrogens is 1120 g/mol. The normalized spacial score (nSPS) is 11.6. The van der Waals surface area contributed by atoms with Gasteiger partial charge >= 0.3 is 0 Å². The maximum Gasteiger partial charge on any atom is 0.0298 e. The zero-order valence-corrected chi connectivity index (χ0v) is 31.3. The minimum Gasteiger partial charge on any atom is -0.0616 e. The van der Waals surface area contributed by atoms with Gasteiger partial charge in [0, 0.05) is 26.8 Å². The fourth-order valence-electron chi connectivity index (χ4n) is 4.74. The van der Waals surface area contributed by atoms with Gasteiger partial charge in [0.15, 0.2) is 0 Å². The number of rotatable bonds is 2. The first-order valence-electron chi connectivity index (χ1n) is 11.0. The van der Waals surface area contributed by atoms with Crippen molar-refractivity contribution in [3.63, 3.8) is 0 Å². The molecule has 0 aromatic heterocycles. The van der Waals surface area contributed by atoms with Crippen molar-refractivity contribution in [2.75, 3.05) is 0 Å². The Bertz CT molecular complexity index is 1860. The van der Waals surface area contributed by atoms with Crippen LogP contribution in [0, 0.1) is 21.4 Å². The second-order valence-corrected chi connectivity index (χ2v) is 15.1. The minimum atomic E-state index is 1.29. The molecule has 176 valence electrons. The zero-order chi connectivity index (χ0) is 25.1. The highest BCUT2D eigenvalue weighted by molar-refractivity contribution is 14.1. The average molecular weight is 1140 g/mol. The summed E-state index contributed by atoms with van der Waals surface area (Å²) in [4.78, 5) is 0. The molecule has 0 nitrogen and oxygen atoms in total. The van der Waals surface area contributed by atoms with Crippen LogP contribution in [0.2, 0.25) is 0 Å². The third kappa shape index (κ3) is 4.52. The molecule has 0 heterocycles. The van der Waals surface area contributed by atoms with Gasteiger partial charge < -0.3 is 0 Å². The molecule has 0 saturated carbocycles. The molecule has 0 fully saturated rings. The lowest BCUT2D eigenvalue weighted by Crippen LogP contribution is -1.95. The summed E-state index contributed by atoms with van der Waals surface area (Å²) < 4.78 is 7.83. The standard InChI is InChI=1S/C30H14I6/c31-24-7-3-4-15-8-9-21(30(36)26(15)24)20-11-10-19-18(27(20)33)12-13-22(28(19)34)23-14-25(32)16-5-1-2-6-17(16)29(23)35/h1-14H. The molecule has 0 unspecified atom stereocenters. The SMILES string of the molecule is Ic1cc(-c2ccc3c(I)c(-c4ccc5cccc(I)c5c4I)ccc3c2I)c(I)c2ccccc12. The van der Waals surface area contributed by atoms with Crippen molar-refractivity contribution in [2.24, 2.45) is 0 Å². The van der Waals surface area contributed by atoms with Gasteiger partial charge in [0.1, 0.15) is 0 Å². The smallest absolute Gasteiger partial charge is 0.0298 e. The third-order valence-corrected chi connectivity index (χ3v) is 12.9. The van der Waals surface area contributed by atoms with Crippen LogP contribution in [0.25, 0.3) is 54.6 Å². The topological polar surface area (TPSA) is 0 Å². The van der Waals surface area contributed by atoms with E-state index >= 15 is 0 Å². The van der Waals surface area contributed by atoms with E-state index in [1.54, 1.807) is 0 Å². The molecular formula is C30H14I6. The van der Waals surface area contributed by atoms with Crippen LogP contribution in [0.15, 0.2) is 84.9 Å². The third-order valence-electron chi connectivity index (χ3n) is 6.51. The minimum absolute atomic E-state index is 1.29. The summed E-state index contributed by atoms with van der Waals surface area (Å²) in [5.41, 5.74) is 5.21. The van der Waals surface area contributed by atoms with Gasteiger partial charge in [0.05, 0.1) is 0 Å². The van der Waals surface area contributed by atoms with Crippen molar-refractivity contribution in [3.8, 4) is 22.3 Å². The molecule has 0 radical (unpaired) electrons. The van der Waals surface area contributed by atoms with Crippen LogP contribution in [-0.2, 0) is 0 Å². The molecule has 6 aromatic rings. The van der Waals surface area contributed by atoms with Gasteiger partial charge in [-0.2, -0.15) is 0 Å². The summed E-state index contributed by atoms with van der Waals surface area (Å²) in [5, 5.41) is 7.90. The van der Waals surface area contributed by atoms with E-state index in [1.807, 2.05) is 0 Å². The Kier molecular flexibility index (Phi) is 8.01. The van der Waals surface area contributed by atoms with E-state index in [-0.39, 0.29) is 0 Å². The van der Waals surface area contributed by atoms with Gasteiger partial charge in [0.2, 0.25) is 0 Å². The summed E-state index contributed by atoms with van der Waals surface area (Å²) >= 11 is 15.1. The zero-order valence-electron chi connectivity index (χ0n) is 18.4. The fraction of sp³-hybridized carbons (Fsp3) is 0. The van der Waals surface area contributed by atoms with Crippen molar-refractivity contribution in [1.82, 2.24) is 0 Å². The maximum absolute atomic E-state index is 2.55. The largest absolute Gasteiger partial charge is 0.0616 e. The van der Waals surface area contributed by atoms with Crippen molar-refractivity contribution >= 4 is 168 Å². The number of benzene rings is 6. The summed E-state index contributed by atoms with van der Waals surface area (Å²) in [7, 11) is 0. The van der Waals surface area contributed by atoms with Crippen LogP contribution in [0.3, 0.4) is 0 Å². The first kappa shape index (κ1) is 26.7. The van der Waals surface area contributed by atoms with Gasteiger partial charge in [-0.1, -0.05) is 72.8 Å². The molecule has 0 aliphatic rings. The van der Waals surface area contributed by atoms with E-state index in [0.29, 0.717) is 0 Å². The maximum atomic E-state index is 2.55. The molecule has 6 rings (SSSR count). The Labute approximate surface area is 291 Å². The van der Waals surface area contributed by atoms with Crippen LogP contribution < -0.4 is 0 Å². The molecule has 0 spiro atoms. The lowest BCUT2D eigenvalue weighted by atomic mass is 9.95. The van der Waals surface area contributed by atoms with Crippen LogP contribution in [0.5, 0.6) is 0 Å². The van der Waals surface area contributed by atoms with Gasteiger partial charge in [-0.15, -0.1) is 0 Å². The Hall–Kier alpha value is 0.480. The van der Waals surface area contributed by atoms with Gasteiger partial charge in [0.25, 0.3) is 0 Å².